The third kappa shape index (κ3) is 4.55. The van der Waals surface area contributed by atoms with Crippen molar-refractivity contribution in [3.8, 4) is 17.2 Å². The molecule has 0 atom stereocenters. The number of carboxylic acid groups (broad SMARTS) is 1. The van der Waals surface area contributed by atoms with Gasteiger partial charge in [-0.15, -0.1) is 0 Å². The van der Waals surface area contributed by atoms with E-state index in [1.54, 1.807) is 21.0 Å². The second-order valence-electron chi connectivity index (χ2n) is 8.46. The molecule has 0 aromatic heterocycles. The number of amidine groups is 1. The molecular formula is C23H26BrN3O4. The van der Waals surface area contributed by atoms with E-state index in [0.717, 1.165) is 59.2 Å². The summed E-state index contributed by atoms with van der Waals surface area (Å²) in [7, 11) is 1.64. The van der Waals surface area contributed by atoms with Crippen LogP contribution in [-0.4, -0.2) is 66.5 Å². The highest BCUT2D eigenvalue weighted by molar-refractivity contribution is 9.10. The highest BCUT2D eigenvalue weighted by Crippen LogP contribution is 2.40. The number of ether oxygens (including phenoxy) is 2. The van der Waals surface area contributed by atoms with Crippen molar-refractivity contribution >= 4 is 33.4 Å². The summed E-state index contributed by atoms with van der Waals surface area (Å²) < 4.78 is 12.6. The number of carbonyl (C=O) groups is 1. The highest BCUT2D eigenvalue weighted by atomic mass is 79.9. The van der Waals surface area contributed by atoms with Crippen LogP contribution in [0, 0.1) is 5.41 Å². The van der Waals surface area contributed by atoms with Gasteiger partial charge in [0, 0.05) is 37.2 Å². The Hall–Kier alpha value is -2.58. The molecule has 8 heteroatoms. The number of aliphatic imine (C=N–C) groups is 1. The molecule has 2 aliphatic rings. The van der Waals surface area contributed by atoms with E-state index in [4.69, 9.17) is 14.5 Å². The summed E-state index contributed by atoms with van der Waals surface area (Å²) in [6.45, 7) is 7.08. The van der Waals surface area contributed by atoms with E-state index < -0.39 is 11.4 Å². The van der Waals surface area contributed by atoms with Crippen molar-refractivity contribution in [1.29, 1.82) is 0 Å². The number of halogens is 1. The lowest BCUT2D eigenvalue weighted by Crippen LogP contribution is -2.52. The predicted octanol–water partition coefficient (Wildman–Crippen LogP) is 4.37. The van der Waals surface area contributed by atoms with Gasteiger partial charge in [-0.1, -0.05) is 15.9 Å². The molecule has 2 aliphatic heterocycles. The van der Waals surface area contributed by atoms with E-state index >= 15 is 0 Å². The number of methoxy groups -OCH3 is 1. The third-order valence-corrected chi connectivity index (χ3v) is 6.16. The fraction of sp³-hybridized carbons (Fsp3) is 0.391. The molecule has 0 radical (unpaired) electrons. The molecule has 0 unspecified atom stereocenters. The van der Waals surface area contributed by atoms with Crippen molar-refractivity contribution in [3.63, 3.8) is 0 Å². The maximum Gasteiger partial charge on any atom is 0.310 e. The van der Waals surface area contributed by atoms with Crippen molar-refractivity contribution in [1.82, 2.24) is 9.80 Å². The summed E-state index contributed by atoms with van der Waals surface area (Å²) in [6.07, 6.45) is 0. The first kappa shape index (κ1) is 21.6. The number of aliphatic carboxylic acids is 1. The molecule has 0 aliphatic carbocycles. The average Bonchev–Trinajstić information content (AvgIpc) is 2.90. The zero-order chi connectivity index (χ0) is 22.2. The Labute approximate surface area is 190 Å². The van der Waals surface area contributed by atoms with Gasteiger partial charge in [-0.05, 0) is 50.2 Å². The summed E-state index contributed by atoms with van der Waals surface area (Å²) in [5.41, 5.74) is 0.862. The first-order valence-corrected chi connectivity index (χ1v) is 11.0. The minimum atomic E-state index is -0.777. The van der Waals surface area contributed by atoms with Crippen LogP contribution >= 0.6 is 15.9 Å². The van der Waals surface area contributed by atoms with Gasteiger partial charge in [0.25, 0.3) is 0 Å². The van der Waals surface area contributed by atoms with Crippen molar-refractivity contribution in [3.05, 3.63) is 46.4 Å². The van der Waals surface area contributed by atoms with Crippen LogP contribution in [0.4, 0.5) is 5.69 Å². The molecule has 7 nitrogen and oxygen atoms in total. The molecule has 1 fully saturated rings. The van der Waals surface area contributed by atoms with Crippen LogP contribution in [0.25, 0.3) is 0 Å². The standard InChI is InChI=1S/C23H26BrN3O4/c1-23(2,22(28)29)14-26-8-10-27(11-9-26)21-17-13-16(30-3)5-7-19(17)31-20-6-4-15(24)12-18(20)25-21/h4-7,12-13H,8-11,14H2,1-3H3,(H,28,29). The average molecular weight is 488 g/mol. The lowest BCUT2D eigenvalue weighted by atomic mass is 9.93. The highest BCUT2D eigenvalue weighted by Gasteiger charge is 2.32. The summed E-state index contributed by atoms with van der Waals surface area (Å²) in [4.78, 5) is 20.9. The summed E-state index contributed by atoms with van der Waals surface area (Å²) in [5, 5.41) is 9.45. The van der Waals surface area contributed by atoms with Gasteiger partial charge in [-0.3, -0.25) is 9.69 Å². The molecule has 1 saturated heterocycles. The molecule has 2 heterocycles. The Morgan fingerprint density at radius 3 is 2.55 bits per heavy atom. The van der Waals surface area contributed by atoms with Gasteiger partial charge in [-0.25, -0.2) is 4.99 Å². The molecule has 1 N–H and O–H groups in total. The largest absolute Gasteiger partial charge is 0.497 e. The van der Waals surface area contributed by atoms with Crippen molar-refractivity contribution < 1.29 is 19.4 Å². The number of fused-ring (bicyclic) bond motifs is 2. The van der Waals surface area contributed by atoms with Crippen LogP contribution < -0.4 is 9.47 Å². The summed E-state index contributed by atoms with van der Waals surface area (Å²) >= 11 is 3.52. The number of rotatable bonds is 4. The van der Waals surface area contributed by atoms with E-state index in [2.05, 4.69) is 25.7 Å². The van der Waals surface area contributed by atoms with Crippen LogP contribution in [0.15, 0.2) is 45.9 Å². The van der Waals surface area contributed by atoms with Gasteiger partial charge < -0.3 is 19.5 Å². The molecule has 164 valence electrons. The third-order valence-electron chi connectivity index (χ3n) is 5.66. The number of benzene rings is 2. The molecule has 0 amide bonds. The molecule has 0 spiro atoms. The van der Waals surface area contributed by atoms with Crippen LogP contribution in [0.1, 0.15) is 19.4 Å². The monoisotopic (exact) mass is 487 g/mol. The maximum absolute atomic E-state index is 11.5. The van der Waals surface area contributed by atoms with E-state index in [1.807, 2.05) is 36.4 Å². The van der Waals surface area contributed by atoms with E-state index in [9.17, 15) is 9.90 Å². The Balaban J connectivity index is 1.64. The lowest BCUT2D eigenvalue weighted by molar-refractivity contribution is -0.148. The summed E-state index contributed by atoms with van der Waals surface area (Å²) in [6, 6.07) is 11.5. The second-order valence-corrected chi connectivity index (χ2v) is 9.38. The Kier molecular flexibility index (Phi) is 5.94. The van der Waals surface area contributed by atoms with Gasteiger partial charge in [0.2, 0.25) is 0 Å². The van der Waals surface area contributed by atoms with E-state index in [0.29, 0.717) is 12.3 Å². The van der Waals surface area contributed by atoms with Gasteiger partial charge in [0.1, 0.15) is 23.0 Å². The second kappa shape index (κ2) is 8.51. The number of piperazine rings is 1. The van der Waals surface area contributed by atoms with Crippen molar-refractivity contribution in [2.24, 2.45) is 10.4 Å². The molecule has 4 rings (SSSR count). The first-order valence-electron chi connectivity index (χ1n) is 10.2. The summed E-state index contributed by atoms with van der Waals surface area (Å²) in [5.74, 6) is 2.23. The quantitative estimate of drug-likeness (QED) is 0.689. The van der Waals surface area contributed by atoms with Crippen molar-refractivity contribution in [2.45, 2.75) is 13.8 Å². The molecule has 0 saturated carbocycles. The van der Waals surface area contributed by atoms with Gasteiger partial charge in [0.15, 0.2) is 5.75 Å². The zero-order valence-corrected chi connectivity index (χ0v) is 19.5. The smallest absolute Gasteiger partial charge is 0.310 e. The topological polar surface area (TPSA) is 74.6 Å². The number of hydrogen-bond donors (Lipinski definition) is 1. The number of nitrogens with zero attached hydrogens (tertiary/aromatic N) is 3. The van der Waals surface area contributed by atoms with Crippen LogP contribution in [0.2, 0.25) is 0 Å². The van der Waals surface area contributed by atoms with Crippen LogP contribution in [0.5, 0.6) is 17.2 Å². The van der Waals surface area contributed by atoms with Gasteiger partial charge in [-0.2, -0.15) is 0 Å². The lowest BCUT2D eigenvalue weighted by Gasteiger charge is -2.39. The maximum atomic E-state index is 11.5. The first-order chi connectivity index (χ1) is 14.8. The fourth-order valence-corrected chi connectivity index (χ4v) is 4.19. The van der Waals surface area contributed by atoms with Gasteiger partial charge in [0.05, 0.1) is 18.1 Å². The van der Waals surface area contributed by atoms with Gasteiger partial charge >= 0.3 is 5.97 Å². The molecule has 2 aromatic rings. The van der Waals surface area contributed by atoms with E-state index in [1.165, 1.54) is 0 Å². The zero-order valence-electron chi connectivity index (χ0n) is 17.9. The minimum Gasteiger partial charge on any atom is -0.497 e. The number of hydrogen-bond acceptors (Lipinski definition) is 6. The normalized spacial score (nSPS) is 16.5. The molecule has 2 aromatic carbocycles. The Morgan fingerprint density at radius 2 is 1.87 bits per heavy atom. The SMILES string of the molecule is COc1ccc2c(c1)C(N1CCN(CC(C)(C)C(=O)O)CC1)=Nc1cc(Br)ccc1O2. The Bertz CT molecular complexity index is 1030. The molecule has 31 heavy (non-hydrogen) atoms. The minimum absolute atomic E-state index is 0.520. The number of carboxylic acids is 1. The Morgan fingerprint density at radius 1 is 1.16 bits per heavy atom. The predicted molar refractivity (Wildman–Crippen MR) is 123 cm³/mol. The fourth-order valence-electron chi connectivity index (χ4n) is 3.84. The van der Waals surface area contributed by atoms with Crippen LogP contribution in [0.3, 0.4) is 0 Å². The van der Waals surface area contributed by atoms with Crippen LogP contribution in [-0.2, 0) is 4.79 Å². The van der Waals surface area contributed by atoms with E-state index in [-0.39, 0.29) is 0 Å². The molecule has 0 bridgehead atoms. The molecular weight excluding hydrogens is 462 g/mol. The van der Waals surface area contributed by atoms with Crippen molar-refractivity contribution in [2.75, 3.05) is 39.8 Å².